The van der Waals surface area contributed by atoms with Crippen LogP contribution in [-0.2, 0) is 25.2 Å². The summed E-state index contributed by atoms with van der Waals surface area (Å²) in [5.74, 6) is 0.648. The van der Waals surface area contributed by atoms with Crippen molar-refractivity contribution < 1.29 is 46.1 Å². The van der Waals surface area contributed by atoms with Gasteiger partial charge in [-0.25, -0.2) is 14.2 Å². The molecule has 1 heterocycles. The summed E-state index contributed by atoms with van der Waals surface area (Å²) in [6.45, 7) is 5.29. The highest BCUT2D eigenvalue weighted by molar-refractivity contribution is 6.04. The average molecular weight is 674 g/mol. The first-order chi connectivity index (χ1) is 22.9. The number of esters is 1. The molecule has 1 aromatic carbocycles. The van der Waals surface area contributed by atoms with Crippen molar-refractivity contribution in [2.24, 2.45) is 10.9 Å². The zero-order valence-corrected chi connectivity index (χ0v) is 27.4. The third-order valence-electron chi connectivity index (χ3n) is 7.47. The van der Waals surface area contributed by atoms with Crippen LogP contribution in [0.5, 0.6) is 11.6 Å². The number of benzene rings is 1. The first-order valence-corrected chi connectivity index (χ1v) is 15.2. The molecule has 3 rings (SSSR count). The number of aromatic nitrogens is 1. The number of alkyl halides is 3. The van der Waals surface area contributed by atoms with E-state index in [1.807, 2.05) is 0 Å². The van der Waals surface area contributed by atoms with E-state index in [9.17, 15) is 22.8 Å². The number of carbonyl (C=O) groups excluding carboxylic acids is 2. The van der Waals surface area contributed by atoms with E-state index < -0.39 is 47.1 Å². The van der Waals surface area contributed by atoms with Gasteiger partial charge in [-0.05, 0) is 31.9 Å². The van der Waals surface area contributed by atoms with Gasteiger partial charge in [0.05, 0.1) is 37.6 Å². The minimum absolute atomic E-state index is 0.0147. The molecule has 0 spiro atoms. The van der Waals surface area contributed by atoms with E-state index in [1.165, 1.54) is 19.1 Å². The number of allylic oxidation sites excluding steroid dienone is 3. The lowest BCUT2D eigenvalue weighted by molar-refractivity contribution is -0.139. The number of hydrogen-bond acceptors (Lipinski definition) is 8. The third-order valence-corrected chi connectivity index (χ3v) is 7.47. The lowest BCUT2D eigenvalue weighted by atomic mass is 9.87. The van der Waals surface area contributed by atoms with E-state index in [2.05, 4.69) is 28.4 Å². The molecule has 48 heavy (non-hydrogen) atoms. The molecule has 0 radical (unpaired) electrons. The highest BCUT2D eigenvalue weighted by atomic mass is 19.4. The van der Waals surface area contributed by atoms with E-state index >= 15 is 4.39 Å². The minimum Gasteiger partial charge on any atom is -0.465 e. The molecule has 9 nitrogen and oxygen atoms in total. The lowest BCUT2D eigenvalue weighted by Crippen LogP contribution is -2.49. The molecule has 0 aliphatic heterocycles. The molecule has 1 aliphatic carbocycles. The van der Waals surface area contributed by atoms with Gasteiger partial charge in [0, 0.05) is 49.7 Å². The highest BCUT2D eigenvalue weighted by Gasteiger charge is 2.38. The smallest absolute Gasteiger partial charge is 0.421 e. The Morgan fingerprint density at radius 1 is 1.12 bits per heavy atom. The Morgan fingerprint density at radius 3 is 2.42 bits per heavy atom. The fourth-order valence-electron chi connectivity index (χ4n) is 5.19. The summed E-state index contributed by atoms with van der Waals surface area (Å²) in [5.41, 5.74) is -1.22. The minimum atomic E-state index is -4.96. The largest absolute Gasteiger partial charge is 0.465 e. The number of hydrogen-bond donors (Lipinski definition) is 0. The Balaban J connectivity index is 2.07. The van der Waals surface area contributed by atoms with Crippen LogP contribution in [-0.4, -0.2) is 69.7 Å². The summed E-state index contributed by atoms with van der Waals surface area (Å²) < 4.78 is 79.1. The predicted octanol–water partition coefficient (Wildman–Crippen LogP) is 6.95. The van der Waals surface area contributed by atoms with E-state index in [0.29, 0.717) is 18.6 Å². The number of carbonyl (C=O) groups is 2. The molecular formula is C35H39F4N3O6. The number of rotatable bonds is 13. The Labute approximate surface area is 277 Å². The molecule has 1 aliphatic rings. The molecule has 258 valence electrons. The maximum atomic E-state index is 15.8. The molecule has 0 atom stereocenters. The topological polar surface area (TPSA) is 99.6 Å². The molecule has 1 amide bonds. The van der Waals surface area contributed by atoms with Crippen LogP contribution in [0.4, 0.5) is 23.2 Å². The van der Waals surface area contributed by atoms with Gasteiger partial charge in [0.25, 0.3) is 0 Å². The van der Waals surface area contributed by atoms with Gasteiger partial charge in [-0.15, -0.1) is 0 Å². The van der Waals surface area contributed by atoms with Gasteiger partial charge in [0.15, 0.2) is 11.6 Å². The van der Waals surface area contributed by atoms with Crippen LogP contribution in [0.2, 0.25) is 0 Å². The molecule has 0 saturated heterocycles. The highest BCUT2D eigenvalue weighted by Crippen LogP contribution is 2.40. The number of anilines is 1. The SMILES string of the molecule is C=C/C=C\C(C)=NCC#Cc1cnc(Oc2cc(C(=O)OC)c(N(C(=O)C3CCCCC3)C(COC)COC)cc2F)c(C(F)(F)F)c1. The zero-order valence-electron chi connectivity index (χ0n) is 27.4. The number of ether oxygens (including phenoxy) is 4. The van der Waals surface area contributed by atoms with Crippen molar-refractivity contribution in [3.8, 4) is 23.5 Å². The predicted molar refractivity (Wildman–Crippen MR) is 173 cm³/mol. The van der Waals surface area contributed by atoms with Crippen molar-refractivity contribution in [1.29, 1.82) is 0 Å². The summed E-state index contributed by atoms with van der Waals surface area (Å²) in [6, 6.07) is 1.71. The van der Waals surface area contributed by atoms with Gasteiger partial charge in [0.1, 0.15) is 12.1 Å². The molecule has 0 bridgehead atoms. The van der Waals surface area contributed by atoms with Crippen LogP contribution in [0.25, 0.3) is 0 Å². The molecule has 1 saturated carbocycles. The number of nitrogens with zero attached hydrogens (tertiary/aromatic N) is 3. The molecule has 2 aromatic rings. The summed E-state index contributed by atoms with van der Waals surface area (Å²) in [5, 5.41) is 0. The van der Waals surface area contributed by atoms with Crippen LogP contribution in [0.1, 0.15) is 60.5 Å². The van der Waals surface area contributed by atoms with E-state index in [0.717, 1.165) is 50.8 Å². The molecule has 0 unspecified atom stereocenters. The van der Waals surface area contributed by atoms with Gasteiger partial charge >= 0.3 is 12.1 Å². The summed E-state index contributed by atoms with van der Waals surface area (Å²) in [6.07, 6.45) is 4.88. The Morgan fingerprint density at radius 2 is 1.81 bits per heavy atom. The Bertz CT molecular complexity index is 1570. The maximum Gasteiger partial charge on any atom is 0.421 e. The van der Waals surface area contributed by atoms with Crippen molar-refractivity contribution in [3.05, 3.63) is 71.7 Å². The summed E-state index contributed by atoms with van der Waals surface area (Å²) >= 11 is 0. The van der Waals surface area contributed by atoms with Crippen molar-refractivity contribution >= 4 is 23.3 Å². The van der Waals surface area contributed by atoms with Crippen molar-refractivity contribution in [2.75, 3.05) is 46.0 Å². The Hall–Kier alpha value is -4.54. The fourth-order valence-corrected chi connectivity index (χ4v) is 5.19. The molecule has 13 heteroatoms. The first-order valence-electron chi connectivity index (χ1n) is 15.2. The quantitative estimate of drug-likeness (QED) is 0.0747. The average Bonchev–Trinajstić information content (AvgIpc) is 3.07. The van der Waals surface area contributed by atoms with E-state index in [1.54, 1.807) is 25.2 Å². The molecule has 1 aromatic heterocycles. The van der Waals surface area contributed by atoms with Gasteiger partial charge in [-0.2, -0.15) is 13.2 Å². The lowest BCUT2D eigenvalue weighted by Gasteiger charge is -2.36. The van der Waals surface area contributed by atoms with Crippen molar-refractivity contribution in [1.82, 2.24) is 4.98 Å². The normalized spacial score (nSPS) is 14.1. The number of amides is 1. The first kappa shape index (κ1) is 37.9. The second-order valence-electron chi connectivity index (χ2n) is 10.9. The van der Waals surface area contributed by atoms with Gasteiger partial charge in [0.2, 0.25) is 11.8 Å². The number of aliphatic imine (C=N–C) groups is 1. The second kappa shape index (κ2) is 18.1. The third kappa shape index (κ3) is 10.2. The number of pyridine rings is 1. The van der Waals surface area contributed by atoms with Gasteiger partial charge < -0.3 is 23.8 Å². The molecule has 0 N–H and O–H groups in total. The Kier molecular flexibility index (Phi) is 14.3. The van der Waals surface area contributed by atoms with Crippen LogP contribution in [0.15, 0.2) is 54.2 Å². The summed E-state index contributed by atoms with van der Waals surface area (Å²) in [7, 11) is 3.93. The maximum absolute atomic E-state index is 15.8. The van der Waals surface area contributed by atoms with Crippen LogP contribution >= 0.6 is 0 Å². The zero-order chi connectivity index (χ0) is 35.3. The van der Waals surface area contributed by atoms with Crippen LogP contribution in [0.3, 0.4) is 0 Å². The van der Waals surface area contributed by atoms with Crippen LogP contribution < -0.4 is 9.64 Å². The van der Waals surface area contributed by atoms with Gasteiger partial charge in [-0.3, -0.25) is 9.79 Å². The molecule has 1 fully saturated rings. The van der Waals surface area contributed by atoms with E-state index in [4.69, 9.17) is 18.9 Å². The summed E-state index contributed by atoms with van der Waals surface area (Å²) in [4.78, 5) is 36.2. The fraction of sp³-hybridized carbons (Fsp3) is 0.429. The van der Waals surface area contributed by atoms with Crippen molar-refractivity contribution in [3.63, 3.8) is 0 Å². The number of halogens is 4. The van der Waals surface area contributed by atoms with Crippen molar-refractivity contribution in [2.45, 2.75) is 51.2 Å². The van der Waals surface area contributed by atoms with E-state index in [-0.39, 0.29) is 42.5 Å². The number of methoxy groups -OCH3 is 3. The monoisotopic (exact) mass is 673 g/mol. The second-order valence-corrected chi connectivity index (χ2v) is 10.9. The van der Waals surface area contributed by atoms with Gasteiger partial charge in [-0.1, -0.05) is 49.8 Å². The molecular weight excluding hydrogens is 634 g/mol. The van der Waals surface area contributed by atoms with Crippen LogP contribution in [0, 0.1) is 23.6 Å². The standard InChI is InChI=1S/C35H39F4N3O6/c1-6-7-12-23(2)40-16-11-13-24-17-28(35(37,38)39)32(41-20-24)48-31-18-27(34(44)47-5)30(19-29(31)36)42(26(21-45-3)22-46-4)33(43)25-14-9-8-10-15-25/h6-7,12,17-20,25-26H,1,8-10,14-16,21-22H2,2-5H3/b12-7-,40-23?.